The molecule has 1 heterocycles. The summed E-state index contributed by atoms with van der Waals surface area (Å²) >= 11 is 0. The van der Waals surface area contributed by atoms with Crippen molar-refractivity contribution in [2.24, 2.45) is 5.90 Å². The number of hydrogen-bond acceptors (Lipinski definition) is 8. The zero-order valence-corrected chi connectivity index (χ0v) is 14.4. The fourth-order valence-electron chi connectivity index (χ4n) is 2.15. The average molecular weight is 357 g/mol. The van der Waals surface area contributed by atoms with Gasteiger partial charge in [-0.3, -0.25) is 4.84 Å². The lowest BCUT2D eigenvalue weighted by molar-refractivity contribution is -0.00843. The molecule has 0 bridgehead atoms. The van der Waals surface area contributed by atoms with Gasteiger partial charge in [0.15, 0.2) is 11.5 Å². The zero-order chi connectivity index (χ0) is 17.6. The minimum atomic E-state index is 0.299. The standard InChI is InChI=1S/C17H27NO7/c18-25-14-15-1-2-16-17(13-15)24-12-10-22-8-6-20-4-3-19-5-7-21-9-11-23-16/h1-2,13H,3-12,14,18H2. The molecule has 0 fully saturated rings. The third-order valence-electron chi connectivity index (χ3n) is 3.34. The van der Waals surface area contributed by atoms with Gasteiger partial charge in [-0.1, -0.05) is 6.07 Å². The SMILES string of the molecule is NOCc1ccc2c(c1)OCCOCCOCCOCCOCCO2. The van der Waals surface area contributed by atoms with Gasteiger partial charge in [-0.2, -0.15) is 0 Å². The molecular weight excluding hydrogens is 330 g/mol. The highest BCUT2D eigenvalue weighted by Crippen LogP contribution is 2.28. The van der Waals surface area contributed by atoms with Crippen molar-refractivity contribution in [2.75, 3.05) is 66.1 Å². The van der Waals surface area contributed by atoms with Crippen LogP contribution in [0.15, 0.2) is 18.2 Å². The quantitative estimate of drug-likeness (QED) is 0.781. The molecule has 1 aliphatic heterocycles. The molecule has 0 aromatic heterocycles. The lowest BCUT2D eigenvalue weighted by atomic mass is 10.2. The van der Waals surface area contributed by atoms with Crippen LogP contribution in [0.1, 0.15) is 5.56 Å². The van der Waals surface area contributed by atoms with E-state index < -0.39 is 0 Å². The molecule has 0 amide bonds. The van der Waals surface area contributed by atoms with Crippen molar-refractivity contribution in [3.05, 3.63) is 23.8 Å². The van der Waals surface area contributed by atoms with Gasteiger partial charge in [0.1, 0.15) is 13.2 Å². The van der Waals surface area contributed by atoms with Crippen molar-refractivity contribution in [3.8, 4) is 11.5 Å². The molecule has 0 atom stereocenters. The van der Waals surface area contributed by atoms with E-state index in [0.29, 0.717) is 84.2 Å². The van der Waals surface area contributed by atoms with Crippen LogP contribution in [0.2, 0.25) is 0 Å². The lowest BCUT2D eigenvalue weighted by Crippen LogP contribution is -2.16. The van der Waals surface area contributed by atoms with Gasteiger partial charge >= 0.3 is 0 Å². The van der Waals surface area contributed by atoms with Crippen LogP contribution < -0.4 is 15.4 Å². The molecule has 25 heavy (non-hydrogen) atoms. The maximum atomic E-state index is 5.77. The van der Waals surface area contributed by atoms with Crippen LogP contribution in [0, 0.1) is 0 Å². The second-order valence-corrected chi connectivity index (χ2v) is 5.24. The van der Waals surface area contributed by atoms with Crippen molar-refractivity contribution >= 4 is 0 Å². The summed E-state index contributed by atoms with van der Waals surface area (Å²) in [6.07, 6.45) is 0. The Morgan fingerprint density at radius 2 is 1.16 bits per heavy atom. The molecule has 2 rings (SSSR count). The van der Waals surface area contributed by atoms with E-state index in [1.54, 1.807) is 0 Å². The van der Waals surface area contributed by atoms with Gasteiger partial charge < -0.3 is 28.4 Å². The minimum absolute atomic E-state index is 0.299. The number of rotatable bonds is 2. The summed E-state index contributed by atoms with van der Waals surface area (Å²) in [7, 11) is 0. The largest absolute Gasteiger partial charge is 0.487 e. The summed E-state index contributed by atoms with van der Waals surface area (Å²) in [5, 5.41) is 0. The Hall–Kier alpha value is -1.42. The van der Waals surface area contributed by atoms with E-state index in [0.717, 1.165) is 5.56 Å². The molecule has 8 nitrogen and oxygen atoms in total. The van der Waals surface area contributed by atoms with Gasteiger partial charge in [0.2, 0.25) is 0 Å². The predicted molar refractivity (Wildman–Crippen MR) is 89.7 cm³/mol. The van der Waals surface area contributed by atoms with E-state index in [2.05, 4.69) is 4.84 Å². The molecule has 0 aliphatic carbocycles. The maximum Gasteiger partial charge on any atom is 0.161 e. The lowest BCUT2D eigenvalue weighted by Gasteiger charge is -2.15. The first-order chi connectivity index (χ1) is 12.4. The molecule has 2 N–H and O–H groups in total. The number of nitrogens with two attached hydrogens (primary N) is 1. The van der Waals surface area contributed by atoms with Gasteiger partial charge in [-0.25, -0.2) is 5.90 Å². The van der Waals surface area contributed by atoms with Gasteiger partial charge in [-0.15, -0.1) is 0 Å². The van der Waals surface area contributed by atoms with Gasteiger partial charge in [0.05, 0.1) is 59.5 Å². The normalized spacial score (nSPS) is 18.9. The first kappa shape index (κ1) is 19.9. The van der Waals surface area contributed by atoms with Crippen molar-refractivity contribution in [1.82, 2.24) is 0 Å². The van der Waals surface area contributed by atoms with E-state index in [4.69, 9.17) is 34.3 Å². The summed E-state index contributed by atoms with van der Waals surface area (Å²) in [6.45, 7) is 5.22. The smallest absolute Gasteiger partial charge is 0.161 e. The molecule has 1 aromatic rings. The number of ether oxygens (including phenoxy) is 6. The highest BCUT2D eigenvalue weighted by Gasteiger charge is 2.08. The van der Waals surface area contributed by atoms with E-state index >= 15 is 0 Å². The third kappa shape index (κ3) is 8.48. The summed E-state index contributed by atoms with van der Waals surface area (Å²) in [5.41, 5.74) is 0.898. The summed E-state index contributed by atoms with van der Waals surface area (Å²) < 4.78 is 33.3. The molecule has 0 saturated carbocycles. The van der Waals surface area contributed by atoms with E-state index in [1.807, 2.05) is 18.2 Å². The number of benzene rings is 1. The molecular formula is C17H27NO7. The van der Waals surface area contributed by atoms with Crippen LogP contribution in [-0.4, -0.2) is 66.1 Å². The average Bonchev–Trinajstić information content (AvgIpc) is 2.62. The topological polar surface area (TPSA) is 90.6 Å². The molecule has 0 spiro atoms. The van der Waals surface area contributed by atoms with Crippen molar-refractivity contribution in [3.63, 3.8) is 0 Å². The first-order valence-electron chi connectivity index (χ1n) is 8.41. The van der Waals surface area contributed by atoms with Gasteiger partial charge in [0, 0.05) is 0 Å². The molecule has 0 radical (unpaired) electrons. The summed E-state index contributed by atoms with van der Waals surface area (Å²) in [5.74, 6) is 6.40. The molecule has 1 aromatic carbocycles. The molecule has 0 unspecified atom stereocenters. The fourth-order valence-corrected chi connectivity index (χ4v) is 2.15. The van der Waals surface area contributed by atoms with E-state index in [-0.39, 0.29) is 0 Å². The van der Waals surface area contributed by atoms with Gasteiger partial charge in [0.25, 0.3) is 0 Å². The third-order valence-corrected chi connectivity index (χ3v) is 3.34. The Balaban J connectivity index is 1.89. The highest BCUT2D eigenvalue weighted by atomic mass is 16.6. The van der Waals surface area contributed by atoms with Crippen LogP contribution in [0.25, 0.3) is 0 Å². The van der Waals surface area contributed by atoms with Crippen LogP contribution >= 0.6 is 0 Å². The maximum absolute atomic E-state index is 5.77. The molecule has 1 aliphatic rings. The minimum Gasteiger partial charge on any atom is -0.487 e. The second-order valence-electron chi connectivity index (χ2n) is 5.24. The summed E-state index contributed by atoms with van der Waals surface area (Å²) in [4.78, 5) is 4.67. The highest BCUT2D eigenvalue weighted by molar-refractivity contribution is 5.42. The predicted octanol–water partition coefficient (Wildman–Crippen LogP) is 0.915. The van der Waals surface area contributed by atoms with Crippen LogP contribution in [0.3, 0.4) is 0 Å². The van der Waals surface area contributed by atoms with E-state index in [1.165, 1.54) is 0 Å². The monoisotopic (exact) mass is 357 g/mol. The van der Waals surface area contributed by atoms with Gasteiger partial charge in [-0.05, 0) is 17.7 Å². The van der Waals surface area contributed by atoms with E-state index in [9.17, 15) is 0 Å². The Labute approximate surface area is 148 Å². The molecule has 142 valence electrons. The number of fused-ring (bicyclic) bond motifs is 1. The van der Waals surface area contributed by atoms with Crippen LogP contribution in [0.5, 0.6) is 11.5 Å². The Kier molecular flexibility index (Phi) is 10.2. The van der Waals surface area contributed by atoms with Crippen molar-refractivity contribution in [2.45, 2.75) is 6.61 Å². The fraction of sp³-hybridized carbons (Fsp3) is 0.647. The van der Waals surface area contributed by atoms with Crippen LogP contribution in [-0.2, 0) is 30.4 Å². The van der Waals surface area contributed by atoms with Crippen molar-refractivity contribution in [1.29, 1.82) is 0 Å². The number of hydrogen-bond donors (Lipinski definition) is 1. The molecule has 8 heteroatoms. The summed E-state index contributed by atoms with van der Waals surface area (Å²) in [6, 6.07) is 5.56. The first-order valence-corrected chi connectivity index (χ1v) is 8.41. The Morgan fingerprint density at radius 3 is 1.68 bits per heavy atom. The van der Waals surface area contributed by atoms with Crippen LogP contribution in [0.4, 0.5) is 0 Å². The Morgan fingerprint density at radius 1 is 0.680 bits per heavy atom. The molecule has 0 saturated heterocycles. The zero-order valence-electron chi connectivity index (χ0n) is 14.4. The van der Waals surface area contributed by atoms with Crippen molar-refractivity contribution < 1.29 is 33.3 Å². The Bertz CT molecular complexity index is 472. The second kappa shape index (κ2) is 12.9.